The molecule has 6 nitrogen and oxygen atoms in total. The normalized spacial score (nSPS) is 11.9. The molecule has 0 saturated carbocycles. The van der Waals surface area contributed by atoms with Crippen LogP contribution in [0.5, 0.6) is 5.75 Å². The molecule has 0 radical (unpaired) electrons. The lowest BCUT2D eigenvalue weighted by atomic mass is 9.88. The fraction of sp³-hybridized carbons (Fsp3) is 0.185. The van der Waals surface area contributed by atoms with E-state index in [0.717, 1.165) is 39.7 Å². The van der Waals surface area contributed by atoms with Crippen LogP contribution in [0.15, 0.2) is 60.2 Å². The molecular weight excluding hydrogens is 448 g/mol. The van der Waals surface area contributed by atoms with E-state index in [1.165, 1.54) is 0 Å². The van der Waals surface area contributed by atoms with Gasteiger partial charge < -0.3 is 9.84 Å². The van der Waals surface area contributed by atoms with Gasteiger partial charge in [-0.25, -0.2) is 4.79 Å². The van der Waals surface area contributed by atoms with Crippen molar-refractivity contribution in [3.63, 3.8) is 0 Å². The van der Waals surface area contributed by atoms with Crippen molar-refractivity contribution in [2.75, 3.05) is 7.11 Å². The molecule has 0 aliphatic carbocycles. The zero-order valence-corrected chi connectivity index (χ0v) is 20.2. The van der Waals surface area contributed by atoms with E-state index in [4.69, 9.17) is 4.74 Å². The Balaban J connectivity index is 1.92. The number of carboxylic acids is 1. The number of carbonyl (C=O) groups excluding carboxylic acids is 1. The number of rotatable bonds is 7. The number of hydrogen-bond donors (Lipinski definition) is 1. The maximum Gasteiger partial charge on any atom is 0.336 e. The summed E-state index contributed by atoms with van der Waals surface area (Å²) in [5.41, 5.74) is 6.10. The molecule has 3 aromatic carbocycles. The summed E-state index contributed by atoms with van der Waals surface area (Å²) >= 11 is 1.06. The minimum atomic E-state index is -1.17. The highest BCUT2D eigenvalue weighted by atomic mass is 32.1. The van der Waals surface area contributed by atoms with Crippen LogP contribution in [0.2, 0.25) is 0 Å². The van der Waals surface area contributed by atoms with Gasteiger partial charge in [0.05, 0.1) is 24.4 Å². The first kappa shape index (κ1) is 23.3. The van der Waals surface area contributed by atoms with Gasteiger partial charge in [-0.3, -0.25) is 4.79 Å². The van der Waals surface area contributed by atoms with E-state index in [2.05, 4.69) is 8.75 Å². The van der Waals surface area contributed by atoms with Gasteiger partial charge in [-0.15, -0.1) is 0 Å². The summed E-state index contributed by atoms with van der Waals surface area (Å²) in [4.78, 5) is 26.3. The second-order valence-electron chi connectivity index (χ2n) is 8.24. The van der Waals surface area contributed by atoms with Crippen LogP contribution in [-0.4, -0.2) is 32.7 Å². The highest BCUT2D eigenvalue weighted by Crippen LogP contribution is 2.29. The Morgan fingerprint density at radius 3 is 2.26 bits per heavy atom. The second-order valence-corrected chi connectivity index (χ2v) is 8.76. The van der Waals surface area contributed by atoms with Gasteiger partial charge in [0.15, 0.2) is 5.78 Å². The molecule has 0 amide bonds. The summed E-state index contributed by atoms with van der Waals surface area (Å²) in [5, 5.41) is 10.3. The van der Waals surface area contributed by atoms with Crippen molar-refractivity contribution in [2.24, 2.45) is 0 Å². The van der Waals surface area contributed by atoms with Gasteiger partial charge in [0, 0.05) is 17.6 Å². The average molecular weight is 473 g/mol. The molecule has 1 N–H and O–H groups in total. The Kier molecular flexibility index (Phi) is 6.56. The van der Waals surface area contributed by atoms with Crippen molar-refractivity contribution in [3.8, 4) is 5.75 Å². The number of aromatic nitrogens is 2. The SMILES string of the molecule is COc1ccc(CC(C(=O)c2ccc(C)c(C)c2)=C(C(=O)O)c2ccc3nsnc3c2)cc1C. The first-order valence-electron chi connectivity index (χ1n) is 10.7. The van der Waals surface area contributed by atoms with Crippen molar-refractivity contribution in [1.29, 1.82) is 0 Å². The molecule has 0 fully saturated rings. The number of nitrogens with zero attached hydrogens (tertiary/aromatic N) is 2. The van der Waals surface area contributed by atoms with Gasteiger partial charge in [-0.2, -0.15) is 8.75 Å². The fourth-order valence-corrected chi connectivity index (χ4v) is 4.48. The number of carboxylic acid groups (broad SMARTS) is 1. The molecular formula is C27H24N2O4S. The van der Waals surface area contributed by atoms with Gasteiger partial charge in [0.1, 0.15) is 16.8 Å². The molecule has 34 heavy (non-hydrogen) atoms. The molecule has 0 aliphatic heterocycles. The summed E-state index contributed by atoms with van der Waals surface area (Å²) in [6.07, 6.45) is 0.158. The van der Waals surface area contributed by atoms with Crippen LogP contribution in [0.4, 0.5) is 0 Å². The smallest absolute Gasteiger partial charge is 0.336 e. The third kappa shape index (κ3) is 4.61. The molecule has 0 spiro atoms. The lowest BCUT2D eigenvalue weighted by molar-refractivity contribution is -0.130. The highest BCUT2D eigenvalue weighted by Gasteiger charge is 2.25. The Bertz CT molecular complexity index is 1450. The number of hydrogen-bond acceptors (Lipinski definition) is 6. The molecule has 1 heterocycles. The predicted octanol–water partition coefficient (Wildman–Crippen LogP) is 5.59. The molecule has 4 aromatic rings. The van der Waals surface area contributed by atoms with Gasteiger partial charge in [0.2, 0.25) is 0 Å². The standard InChI is InChI=1S/C27H24N2O4S/c1-15-5-7-20(12-16(15)2)26(30)21(13-18-6-10-24(33-4)17(3)11-18)25(27(31)32)19-8-9-22-23(14-19)29-34-28-22/h5-12,14H,13H2,1-4H3,(H,31,32). The van der Waals surface area contributed by atoms with Crippen molar-refractivity contribution in [1.82, 2.24) is 8.75 Å². The van der Waals surface area contributed by atoms with Gasteiger partial charge in [-0.05, 0) is 72.9 Å². The van der Waals surface area contributed by atoms with E-state index < -0.39 is 5.97 Å². The topological polar surface area (TPSA) is 89.4 Å². The number of aryl methyl sites for hydroxylation is 3. The van der Waals surface area contributed by atoms with E-state index in [1.54, 1.807) is 31.4 Å². The first-order valence-corrected chi connectivity index (χ1v) is 11.5. The van der Waals surface area contributed by atoms with Crippen LogP contribution in [0.1, 0.15) is 38.2 Å². The monoisotopic (exact) mass is 472 g/mol. The summed E-state index contributed by atoms with van der Waals surface area (Å²) in [6, 6.07) is 16.1. The third-order valence-corrected chi connectivity index (χ3v) is 6.50. The molecule has 172 valence electrons. The number of fused-ring (bicyclic) bond motifs is 1. The Morgan fingerprint density at radius 1 is 0.853 bits per heavy atom. The van der Waals surface area contributed by atoms with E-state index in [-0.39, 0.29) is 23.4 Å². The number of allylic oxidation sites excluding steroid dienone is 1. The van der Waals surface area contributed by atoms with Crippen LogP contribution in [-0.2, 0) is 11.2 Å². The molecule has 4 rings (SSSR count). The lowest BCUT2D eigenvalue weighted by Crippen LogP contribution is -2.14. The van der Waals surface area contributed by atoms with Crippen molar-refractivity contribution >= 4 is 40.1 Å². The number of carbonyl (C=O) groups is 2. The first-order chi connectivity index (χ1) is 16.3. The van der Waals surface area contributed by atoms with Crippen LogP contribution < -0.4 is 4.74 Å². The number of methoxy groups -OCH3 is 1. The predicted molar refractivity (Wildman–Crippen MR) is 134 cm³/mol. The molecule has 7 heteroatoms. The van der Waals surface area contributed by atoms with Gasteiger partial charge in [0.25, 0.3) is 0 Å². The molecule has 1 aromatic heterocycles. The zero-order valence-electron chi connectivity index (χ0n) is 19.4. The molecule has 0 unspecified atom stereocenters. The molecule has 0 saturated heterocycles. The summed E-state index contributed by atoms with van der Waals surface area (Å²) in [5.74, 6) is -0.750. The van der Waals surface area contributed by atoms with Gasteiger partial charge in [-0.1, -0.05) is 30.3 Å². The number of ketones is 1. The zero-order chi connectivity index (χ0) is 24.4. The summed E-state index contributed by atoms with van der Waals surface area (Å²) in [6.45, 7) is 5.82. The average Bonchev–Trinajstić information content (AvgIpc) is 3.28. The number of benzene rings is 3. The quantitative estimate of drug-likeness (QED) is 0.279. The van der Waals surface area contributed by atoms with E-state index in [9.17, 15) is 14.7 Å². The lowest BCUT2D eigenvalue weighted by Gasteiger charge is -2.15. The maximum atomic E-state index is 13.8. The van der Waals surface area contributed by atoms with Crippen LogP contribution in [0.3, 0.4) is 0 Å². The summed E-state index contributed by atoms with van der Waals surface area (Å²) in [7, 11) is 1.60. The van der Waals surface area contributed by atoms with Crippen molar-refractivity contribution in [3.05, 3.63) is 93.6 Å². The summed E-state index contributed by atoms with van der Waals surface area (Å²) < 4.78 is 13.8. The van der Waals surface area contributed by atoms with Crippen molar-refractivity contribution in [2.45, 2.75) is 27.2 Å². The number of aliphatic carboxylic acids is 1. The minimum Gasteiger partial charge on any atom is -0.496 e. The molecule has 0 aliphatic rings. The Labute approximate surface area is 201 Å². The van der Waals surface area contributed by atoms with E-state index in [0.29, 0.717) is 22.2 Å². The van der Waals surface area contributed by atoms with Crippen LogP contribution >= 0.6 is 11.7 Å². The second kappa shape index (κ2) is 9.57. The maximum absolute atomic E-state index is 13.8. The molecule has 0 bridgehead atoms. The van der Waals surface area contributed by atoms with Gasteiger partial charge >= 0.3 is 5.97 Å². The molecule has 0 atom stereocenters. The Hall–Kier alpha value is -3.84. The van der Waals surface area contributed by atoms with Crippen molar-refractivity contribution < 1.29 is 19.4 Å². The Morgan fingerprint density at radius 2 is 1.59 bits per heavy atom. The number of Topliss-reactive ketones (excluding diaryl/α,β-unsaturated/α-hetero) is 1. The van der Waals surface area contributed by atoms with E-state index >= 15 is 0 Å². The number of ether oxygens (including phenoxy) is 1. The van der Waals surface area contributed by atoms with E-state index in [1.807, 2.05) is 51.1 Å². The largest absolute Gasteiger partial charge is 0.496 e. The van der Waals surface area contributed by atoms with Crippen LogP contribution in [0, 0.1) is 20.8 Å². The highest BCUT2D eigenvalue weighted by molar-refractivity contribution is 7.00. The minimum absolute atomic E-state index is 0.0356. The fourth-order valence-electron chi connectivity index (χ4n) is 3.96. The third-order valence-electron chi connectivity index (χ3n) is 5.94. The van der Waals surface area contributed by atoms with Crippen LogP contribution in [0.25, 0.3) is 16.6 Å².